The van der Waals surface area contributed by atoms with Crippen LogP contribution in [-0.2, 0) is 11.2 Å². The monoisotopic (exact) mass is 213 g/mol. The molecule has 0 radical (unpaired) electrons. The second-order valence-corrected chi connectivity index (χ2v) is 3.13. The van der Waals surface area contributed by atoms with Crippen molar-refractivity contribution < 1.29 is 19.1 Å². The second kappa shape index (κ2) is 4.84. The molecule has 0 aliphatic rings. The maximum absolute atomic E-state index is 11.2. The summed E-state index contributed by atoms with van der Waals surface area (Å²) < 4.78 is 10.2. The van der Waals surface area contributed by atoms with E-state index in [4.69, 9.17) is 14.9 Å². The number of rotatable bonds is 4. The van der Waals surface area contributed by atoms with Gasteiger partial charge in [-0.05, 0) is 6.92 Å². The third kappa shape index (κ3) is 2.50. The molecular formula is C10H15NO4. The highest BCUT2D eigenvalue weighted by Gasteiger charge is 2.19. The van der Waals surface area contributed by atoms with Crippen LogP contribution in [0.25, 0.3) is 0 Å². The molecule has 15 heavy (non-hydrogen) atoms. The number of esters is 1. The largest absolute Gasteiger partial charge is 0.502 e. The quantitative estimate of drug-likeness (QED) is 0.732. The Kier molecular flexibility index (Phi) is 3.74. The van der Waals surface area contributed by atoms with Gasteiger partial charge in [-0.15, -0.1) is 0 Å². The molecule has 0 spiro atoms. The summed E-state index contributed by atoms with van der Waals surface area (Å²) in [5, 5.41) is 9.56. The third-order valence-electron chi connectivity index (χ3n) is 1.96. The van der Waals surface area contributed by atoms with E-state index in [-0.39, 0.29) is 24.5 Å². The molecule has 0 aromatic carbocycles. The molecule has 1 rings (SSSR count). The second-order valence-electron chi connectivity index (χ2n) is 3.13. The van der Waals surface area contributed by atoms with Gasteiger partial charge in [0, 0.05) is 13.0 Å². The number of nitrogens with two attached hydrogens (primary N) is 1. The molecule has 5 heteroatoms. The average molecular weight is 213 g/mol. The molecular weight excluding hydrogens is 198 g/mol. The van der Waals surface area contributed by atoms with E-state index in [0.717, 1.165) is 0 Å². The van der Waals surface area contributed by atoms with Gasteiger partial charge in [0.2, 0.25) is 11.5 Å². The van der Waals surface area contributed by atoms with E-state index in [1.807, 2.05) is 6.92 Å². The zero-order chi connectivity index (χ0) is 11.4. The predicted molar refractivity (Wildman–Crippen MR) is 53.8 cm³/mol. The number of carbonyl (C=O) groups excluding carboxylic acids is 1. The lowest BCUT2D eigenvalue weighted by Crippen LogP contribution is -2.14. The molecule has 3 N–H and O–H groups in total. The Balaban J connectivity index is 2.87. The van der Waals surface area contributed by atoms with Crippen LogP contribution in [0, 0.1) is 6.92 Å². The summed E-state index contributed by atoms with van der Waals surface area (Å²) in [6, 6.07) is 0. The molecule has 84 valence electrons. The van der Waals surface area contributed by atoms with Crippen LogP contribution in [0.15, 0.2) is 4.42 Å². The summed E-state index contributed by atoms with van der Waals surface area (Å²) in [6.45, 7) is 3.67. The summed E-state index contributed by atoms with van der Waals surface area (Å²) >= 11 is 0. The first kappa shape index (κ1) is 11.6. The number of ether oxygens (including phenoxy) is 1. The van der Waals surface area contributed by atoms with Crippen molar-refractivity contribution in [2.75, 3.05) is 6.54 Å². The highest BCUT2D eigenvalue weighted by atomic mass is 16.6. The van der Waals surface area contributed by atoms with Crippen molar-refractivity contribution in [2.24, 2.45) is 5.73 Å². The molecule has 1 aromatic heterocycles. The Morgan fingerprint density at radius 3 is 2.80 bits per heavy atom. The first-order chi connectivity index (χ1) is 7.10. The fourth-order valence-electron chi connectivity index (χ4n) is 1.19. The minimum atomic E-state index is -0.469. The van der Waals surface area contributed by atoms with Gasteiger partial charge in [0.1, 0.15) is 5.76 Å². The zero-order valence-electron chi connectivity index (χ0n) is 8.87. The number of hydrogen-bond donors (Lipinski definition) is 2. The summed E-state index contributed by atoms with van der Waals surface area (Å²) in [7, 11) is 0. The molecule has 5 nitrogen and oxygen atoms in total. The summed E-state index contributed by atoms with van der Waals surface area (Å²) in [4.78, 5) is 11.2. The Bertz CT molecular complexity index is 357. The number of aryl methyl sites for hydroxylation is 2. The van der Waals surface area contributed by atoms with E-state index in [9.17, 15) is 9.90 Å². The molecule has 1 aromatic rings. The molecule has 1 heterocycles. The highest BCUT2D eigenvalue weighted by molar-refractivity contribution is 5.73. The fraction of sp³-hybridized carbons (Fsp3) is 0.500. The van der Waals surface area contributed by atoms with Crippen LogP contribution in [0.4, 0.5) is 0 Å². The van der Waals surface area contributed by atoms with Crippen molar-refractivity contribution in [3.05, 3.63) is 11.5 Å². The molecule has 0 fully saturated rings. The van der Waals surface area contributed by atoms with Gasteiger partial charge in [0.15, 0.2) is 5.76 Å². The van der Waals surface area contributed by atoms with Crippen LogP contribution in [-0.4, -0.2) is 17.6 Å². The Morgan fingerprint density at radius 1 is 1.60 bits per heavy atom. The van der Waals surface area contributed by atoms with Crippen molar-refractivity contribution in [1.29, 1.82) is 0 Å². The van der Waals surface area contributed by atoms with Crippen LogP contribution in [0.1, 0.15) is 24.9 Å². The first-order valence-corrected chi connectivity index (χ1v) is 4.82. The molecule has 0 saturated carbocycles. The van der Waals surface area contributed by atoms with Gasteiger partial charge in [-0.2, -0.15) is 0 Å². The van der Waals surface area contributed by atoms with Gasteiger partial charge in [-0.25, -0.2) is 0 Å². The third-order valence-corrected chi connectivity index (χ3v) is 1.96. The van der Waals surface area contributed by atoms with Crippen molar-refractivity contribution in [3.63, 3.8) is 0 Å². The van der Waals surface area contributed by atoms with Crippen molar-refractivity contribution in [1.82, 2.24) is 0 Å². The maximum Gasteiger partial charge on any atom is 0.312 e. The molecule has 0 atom stereocenters. The maximum atomic E-state index is 11.2. The van der Waals surface area contributed by atoms with Crippen molar-refractivity contribution in [3.8, 4) is 11.5 Å². The fourth-order valence-corrected chi connectivity index (χ4v) is 1.19. The minimum absolute atomic E-state index is 0.114. The molecule has 0 saturated heterocycles. The number of hydrogen-bond acceptors (Lipinski definition) is 5. The van der Waals surface area contributed by atoms with Crippen LogP contribution in [0.5, 0.6) is 11.5 Å². The van der Waals surface area contributed by atoms with Gasteiger partial charge < -0.3 is 20.0 Å². The minimum Gasteiger partial charge on any atom is -0.502 e. The summed E-state index contributed by atoms with van der Waals surface area (Å²) in [5.41, 5.74) is 5.21. The number of furan rings is 1. The van der Waals surface area contributed by atoms with E-state index in [0.29, 0.717) is 17.9 Å². The summed E-state index contributed by atoms with van der Waals surface area (Å²) in [6.07, 6.45) is 0.666. The molecule has 0 aliphatic heterocycles. The topological polar surface area (TPSA) is 85.7 Å². The predicted octanol–water partition coefficient (Wildman–Crippen LogP) is 1.11. The van der Waals surface area contributed by atoms with E-state index in [1.165, 1.54) is 0 Å². The van der Waals surface area contributed by atoms with E-state index < -0.39 is 5.97 Å². The first-order valence-electron chi connectivity index (χ1n) is 4.82. The van der Waals surface area contributed by atoms with Crippen LogP contribution < -0.4 is 10.5 Å². The normalized spacial score (nSPS) is 10.3. The van der Waals surface area contributed by atoms with E-state index in [1.54, 1.807) is 6.92 Å². The van der Waals surface area contributed by atoms with Crippen molar-refractivity contribution in [2.45, 2.75) is 26.7 Å². The molecule has 0 bridgehead atoms. The highest BCUT2D eigenvalue weighted by Crippen LogP contribution is 2.36. The molecule has 0 amide bonds. The van der Waals surface area contributed by atoms with Crippen LogP contribution in [0.2, 0.25) is 0 Å². The van der Waals surface area contributed by atoms with Gasteiger partial charge in [-0.3, -0.25) is 4.79 Å². The average Bonchev–Trinajstić information content (AvgIpc) is 2.46. The smallest absolute Gasteiger partial charge is 0.312 e. The lowest BCUT2D eigenvalue weighted by molar-refractivity contribution is -0.134. The number of carbonyl (C=O) groups is 1. The lowest BCUT2D eigenvalue weighted by Gasteiger charge is -2.02. The molecule has 0 aliphatic carbocycles. The SMILES string of the molecule is CCc1oc(C)c(O)c1OC(=O)CCN. The van der Waals surface area contributed by atoms with Gasteiger partial charge in [-0.1, -0.05) is 6.92 Å². The van der Waals surface area contributed by atoms with E-state index >= 15 is 0 Å². The Hall–Kier alpha value is -1.49. The molecule has 0 unspecified atom stereocenters. The van der Waals surface area contributed by atoms with Crippen molar-refractivity contribution >= 4 is 5.97 Å². The van der Waals surface area contributed by atoms with Crippen LogP contribution >= 0.6 is 0 Å². The van der Waals surface area contributed by atoms with Gasteiger partial charge >= 0.3 is 5.97 Å². The zero-order valence-corrected chi connectivity index (χ0v) is 8.87. The van der Waals surface area contributed by atoms with E-state index in [2.05, 4.69) is 0 Å². The summed E-state index contributed by atoms with van der Waals surface area (Å²) in [5.74, 6) is 0.353. The Labute approximate surface area is 87.8 Å². The van der Waals surface area contributed by atoms with Crippen LogP contribution in [0.3, 0.4) is 0 Å². The number of aromatic hydroxyl groups is 1. The van der Waals surface area contributed by atoms with Gasteiger partial charge in [0.05, 0.1) is 6.42 Å². The van der Waals surface area contributed by atoms with Gasteiger partial charge in [0.25, 0.3) is 0 Å². The standard InChI is InChI=1S/C10H15NO4/c1-3-7-10(9(13)6(2)14-7)15-8(12)4-5-11/h13H,3-5,11H2,1-2H3. The lowest BCUT2D eigenvalue weighted by atomic mass is 10.3. The Morgan fingerprint density at radius 2 is 2.27 bits per heavy atom.